The SMILES string of the molecule is CCOc1cc(/C=C2\C(=O)NC(=O)N(c3ccccc3Cl)C2=O)cc(I)c1OCc1ccc(Cl)cc1Cl. The van der Waals surface area contributed by atoms with Crippen LogP contribution in [0.15, 0.2) is 60.2 Å². The number of anilines is 1. The van der Waals surface area contributed by atoms with E-state index in [0.717, 1.165) is 10.5 Å². The van der Waals surface area contributed by atoms with E-state index in [1.807, 2.05) is 6.92 Å². The van der Waals surface area contributed by atoms with Gasteiger partial charge in [-0.25, -0.2) is 9.69 Å². The molecular formula is C26H18Cl3IN2O5. The average molecular weight is 672 g/mol. The molecule has 0 aliphatic carbocycles. The number of urea groups is 1. The highest BCUT2D eigenvalue weighted by atomic mass is 127. The van der Waals surface area contributed by atoms with Crippen LogP contribution in [0.4, 0.5) is 10.5 Å². The highest BCUT2D eigenvalue weighted by Gasteiger charge is 2.37. The number of nitrogens with zero attached hydrogens (tertiary/aromatic N) is 1. The van der Waals surface area contributed by atoms with E-state index in [1.54, 1.807) is 48.5 Å². The maximum atomic E-state index is 13.2. The van der Waals surface area contributed by atoms with Crippen molar-refractivity contribution in [2.75, 3.05) is 11.5 Å². The summed E-state index contributed by atoms with van der Waals surface area (Å²) in [4.78, 5) is 39.1. The van der Waals surface area contributed by atoms with Gasteiger partial charge in [0.05, 0.1) is 20.9 Å². The zero-order valence-electron chi connectivity index (χ0n) is 19.2. The summed E-state index contributed by atoms with van der Waals surface area (Å²) >= 11 is 20.5. The van der Waals surface area contributed by atoms with Crippen LogP contribution in [-0.4, -0.2) is 24.5 Å². The molecule has 4 amide bonds. The van der Waals surface area contributed by atoms with Gasteiger partial charge in [0.1, 0.15) is 12.2 Å². The molecule has 3 aromatic rings. The van der Waals surface area contributed by atoms with Crippen LogP contribution >= 0.6 is 57.4 Å². The molecule has 0 radical (unpaired) electrons. The van der Waals surface area contributed by atoms with Gasteiger partial charge in [-0.05, 0) is 77.6 Å². The molecular weight excluding hydrogens is 654 g/mol. The first-order chi connectivity index (χ1) is 17.7. The summed E-state index contributed by atoms with van der Waals surface area (Å²) in [6.07, 6.45) is 1.39. The Morgan fingerprint density at radius 2 is 1.73 bits per heavy atom. The number of hydrogen-bond acceptors (Lipinski definition) is 5. The lowest BCUT2D eigenvalue weighted by atomic mass is 10.1. The van der Waals surface area contributed by atoms with Crippen LogP contribution in [0.25, 0.3) is 6.08 Å². The lowest BCUT2D eigenvalue weighted by Gasteiger charge is -2.27. The van der Waals surface area contributed by atoms with Crippen molar-refractivity contribution in [1.29, 1.82) is 0 Å². The summed E-state index contributed by atoms with van der Waals surface area (Å²) in [5.74, 6) is -0.728. The molecule has 7 nitrogen and oxygen atoms in total. The molecule has 1 heterocycles. The Labute approximate surface area is 241 Å². The first-order valence-corrected chi connectivity index (χ1v) is 13.1. The molecule has 1 aliphatic rings. The second-order valence-electron chi connectivity index (χ2n) is 7.70. The first kappa shape index (κ1) is 27.3. The van der Waals surface area contributed by atoms with Crippen molar-refractivity contribution in [3.05, 3.63) is 89.9 Å². The van der Waals surface area contributed by atoms with Crippen molar-refractivity contribution in [2.45, 2.75) is 13.5 Å². The number of barbiturate groups is 1. The van der Waals surface area contributed by atoms with Crippen LogP contribution in [0.3, 0.4) is 0 Å². The van der Waals surface area contributed by atoms with Crippen molar-refractivity contribution in [1.82, 2.24) is 5.32 Å². The lowest BCUT2D eigenvalue weighted by molar-refractivity contribution is -0.122. The Morgan fingerprint density at radius 1 is 0.973 bits per heavy atom. The number of ether oxygens (including phenoxy) is 2. The molecule has 1 fully saturated rings. The molecule has 190 valence electrons. The Bertz CT molecular complexity index is 1440. The molecule has 1 N–H and O–H groups in total. The van der Waals surface area contributed by atoms with Crippen molar-refractivity contribution in [2.24, 2.45) is 0 Å². The highest BCUT2D eigenvalue weighted by molar-refractivity contribution is 14.1. The number of rotatable bonds is 7. The van der Waals surface area contributed by atoms with E-state index in [9.17, 15) is 14.4 Å². The van der Waals surface area contributed by atoms with Gasteiger partial charge in [0, 0.05) is 15.6 Å². The molecule has 37 heavy (non-hydrogen) atoms. The quantitative estimate of drug-likeness (QED) is 0.168. The number of carbonyl (C=O) groups excluding carboxylic acids is 3. The summed E-state index contributed by atoms with van der Waals surface area (Å²) in [6, 6.07) is 14.0. The van der Waals surface area contributed by atoms with Crippen molar-refractivity contribution < 1.29 is 23.9 Å². The van der Waals surface area contributed by atoms with Crippen LogP contribution in [0.5, 0.6) is 11.5 Å². The number of benzene rings is 3. The van der Waals surface area contributed by atoms with E-state index in [-0.39, 0.29) is 22.9 Å². The predicted molar refractivity (Wildman–Crippen MR) is 152 cm³/mol. The van der Waals surface area contributed by atoms with Gasteiger partial charge in [-0.15, -0.1) is 0 Å². The van der Waals surface area contributed by atoms with E-state index < -0.39 is 17.8 Å². The fourth-order valence-corrected chi connectivity index (χ4v) is 5.00. The van der Waals surface area contributed by atoms with Crippen LogP contribution in [0.2, 0.25) is 15.1 Å². The van der Waals surface area contributed by atoms with Gasteiger partial charge in [0.2, 0.25) is 0 Å². The highest BCUT2D eigenvalue weighted by Crippen LogP contribution is 2.37. The smallest absolute Gasteiger partial charge is 0.335 e. The molecule has 1 aliphatic heterocycles. The number of imide groups is 2. The van der Waals surface area contributed by atoms with E-state index >= 15 is 0 Å². The molecule has 0 aromatic heterocycles. The van der Waals surface area contributed by atoms with Gasteiger partial charge in [-0.2, -0.15) is 0 Å². The number of hydrogen-bond donors (Lipinski definition) is 1. The minimum Gasteiger partial charge on any atom is -0.490 e. The summed E-state index contributed by atoms with van der Waals surface area (Å²) in [7, 11) is 0. The standard InChI is InChI=1S/C26H18Cl3IN2O5/c1-2-36-22-11-14(10-20(30)23(22)37-13-15-7-8-16(27)12-19(15)29)9-17-24(33)31-26(35)32(25(17)34)21-6-4-3-5-18(21)28/h3-12H,2,13H2,1H3,(H,31,33,35)/b17-9+. The Hall–Kier alpha value is -2.79. The van der Waals surface area contributed by atoms with E-state index in [0.29, 0.717) is 37.3 Å². The summed E-state index contributed by atoms with van der Waals surface area (Å²) < 4.78 is 12.5. The van der Waals surface area contributed by atoms with Gasteiger partial charge >= 0.3 is 6.03 Å². The minimum atomic E-state index is -0.880. The third-order valence-corrected chi connectivity index (χ3v) is 6.93. The molecule has 0 bridgehead atoms. The van der Waals surface area contributed by atoms with Crippen molar-refractivity contribution in [3.63, 3.8) is 0 Å². The zero-order chi connectivity index (χ0) is 26.7. The van der Waals surface area contributed by atoms with Gasteiger partial charge in [-0.1, -0.05) is 53.0 Å². The third kappa shape index (κ3) is 6.04. The number of nitrogens with one attached hydrogen (secondary N) is 1. The normalized spacial score (nSPS) is 14.7. The van der Waals surface area contributed by atoms with Crippen LogP contribution in [-0.2, 0) is 16.2 Å². The molecule has 4 rings (SSSR count). The van der Waals surface area contributed by atoms with Crippen molar-refractivity contribution in [3.8, 4) is 11.5 Å². The summed E-state index contributed by atoms with van der Waals surface area (Å²) in [6.45, 7) is 2.34. The minimum absolute atomic E-state index is 0.166. The van der Waals surface area contributed by atoms with Crippen LogP contribution < -0.4 is 19.7 Å². The van der Waals surface area contributed by atoms with Crippen LogP contribution in [0, 0.1) is 3.57 Å². The van der Waals surface area contributed by atoms with E-state index in [1.165, 1.54) is 12.1 Å². The fourth-order valence-electron chi connectivity index (χ4n) is 3.54. The number of amides is 4. The van der Waals surface area contributed by atoms with Gasteiger partial charge in [0.15, 0.2) is 11.5 Å². The third-order valence-electron chi connectivity index (χ3n) is 5.22. The fraction of sp³-hybridized carbons (Fsp3) is 0.115. The topological polar surface area (TPSA) is 84.9 Å². The molecule has 1 saturated heterocycles. The number of para-hydroxylation sites is 1. The average Bonchev–Trinajstić information content (AvgIpc) is 2.83. The van der Waals surface area contributed by atoms with Crippen LogP contribution in [0.1, 0.15) is 18.1 Å². The summed E-state index contributed by atoms with van der Waals surface area (Å²) in [5.41, 5.74) is 1.17. The summed E-state index contributed by atoms with van der Waals surface area (Å²) in [5, 5.41) is 3.37. The monoisotopic (exact) mass is 670 g/mol. The second-order valence-corrected chi connectivity index (χ2v) is 10.1. The predicted octanol–water partition coefficient (Wildman–Crippen LogP) is 6.90. The molecule has 0 unspecified atom stereocenters. The second kappa shape index (κ2) is 11.7. The molecule has 0 saturated carbocycles. The Kier molecular flexibility index (Phi) is 8.63. The molecule has 3 aromatic carbocycles. The Balaban J connectivity index is 1.67. The molecule has 11 heteroatoms. The van der Waals surface area contributed by atoms with Gasteiger partial charge in [0.25, 0.3) is 11.8 Å². The first-order valence-electron chi connectivity index (χ1n) is 10.9. The lowest BCUT2D eigenvalue weighted by Crippen LogP contribution is -2.54. The number of carbonyl (C=O) groups is 3. The molecule has 0 atom stereocenters. The maximum Gasteiger partial charge on any atom is 0.335 e. The van der Waals surface area contributed by atoms with E-state index in [2.05, 4.69) is 27.9 Å². The zero-order valence-corrected chi connectivity index (χ0v) is 23.6. The number of halogens is 4. The van der Waals surface area contributed by atoms with Gasteiger partial charge in [-0.3, -0.25) is 14.9 Å². The maximum absolute atomic E-state index is 13.2. The Morgan fingerprint density at radius 3 is 2.43 bits per heavy atom. The van der Waals surface area contributed by atoms with E-state index in [4.69, 9.17) is 44.3 Å². The molecule has 0 spiro atoms. The largest absolute Gasteiger partial charge is 0.490 e. The van der Waals surface area contributed by atoms with Gasteiger partial charge < -0.3 is 9.47 Å². The van der Waals surface area contributed by atoms with Crippen molar-refractivity contribution >= 4 is 87.0 Å².